The maximum Gasteiger partial charge on any atom is 0.273 e. The van der Waals surface area contributed by atoms with Crippen molar-refractivity contribution in [3.8, 4) is 11.3 Å². The first-order valence-electron chi connectivity index (χ1n) is 8.48. The summed E-state index contributed by atoms with van der Waals surface area (Å²) in [6.07, 6.45) is 1.39. The first kappa shape index (κ1) is 18.3. The summed E-state index contributed by atoms with van der Waals surface area (Å²) in [5.74, 6) is -0.325. The lowest BCUT2D eigenvalue weighted by atomic mass is 10.1. The van der Waals surface area contributed by atoms with Gasteiger partial charge in [-0.25, -0.2) is 4.98 Å². The lowest BCUT2D eigenvalue weighted by Gasteiger charge is -2.07. The van der Waals surface area contributed by atoms with Crippen LogP contribution in [0.5, 0.6) is 0 Å². The Balaban J connectivity index is 1.61. The largest absolute Gasteiger partial charge is 0.325 e. The fourth-order valence-electron chi connectivity index (χ4n) is 2.84. The first-order chi connectivity index (χ1) is 13.5. The summed E-state index contributed by atoms with van der Waals surface area (Å²) in [6.45, 7) is 1.86. The van der Waals surface area contributed by atoms with Crippen molar-refractivity contribution in [3.63, 3.8) is 0 Å². The van der Waals surface area contributed by atoms with Crippen molar-refractivity contribution in [1.82, 2.24) is 13.9 Å². The molecule has 0 aliphatic heterocycles. The highest BCUT2D eigenvalue weighted by Crippen LogP contribution is 2.27. The monoisotopic (exact) mass is 410 g/mol. The number of hydrogen-bond donors (Lipinski definition) is 1. The molecule has 0 unspecified atom stereocenters. The van der Waals surface area contributed by atoms with Gasteiger partial charge in [0.15, 0.2) is 0 Å². The topological polar surface area (TPSA) is 76.9 Å². The van der Waals surface area contributed by atoms with Crippen LogP contribution >= 0.6 is 23.1 Å². The van der Waals surface area contributed by atoms with Gasteiger partial charge >= 0.3 is 0 Å². The lowest BCUT2D eigenvalue weighted by Crippen LogP contribution is -2.27. The smallest absolute Gasteiger partial charge is 0.273 e. The Morgan fingerprint density at radius 2 is 2.00 bits per heavy atom. The number of nitrogens with one attached hydrogen (secondary N) is 1. The van der Waals surface area contributed by atoms with Crippen molar-refractivity contribution < 1.29 is 4.79 Å². The molecule has 1 amide bonds. The zero-order valence-electron chi connectivity index (χ0n) is 14.8. The molecule has 6 nitrogen and oxygen atoms in total. The van der Waals surface area contributed by atoms with Gasteiger partial charge in [0, 0.05) is 16.3 Å². The van der Waals surface area contributed by atoms with Crippen LogP contribution in [-0.4, -0.2) is 19.8 Å². The molecule has 0 atom stereocenters. The SMILES string of the molecule is Cc1cccc(-c2nsc3c(=O)n(CC(=O)Nc4ccc(Cl)cc4)cnc23)c1. The molecule has 0 spiro atoms. The first-order valence-corrected chi connectivity index (χ1v) is 9.64. The number of hydrogen-bond acceptors (Lipinski definition) is 5. The number of rotatable bonds is 4. The summed E-state index contributed by atoms with van der Waals surface area (Å²) in [5, 5.41) is 3.31. The van der Waals surface area contributed by atoms with Crippen LogP contribution in [0.2, 0.25) is 5.02 Å². The predicted octanol–water partition coefficient (Wildman–Crippen LogP) is 4.12. The van der Waals surface area contributed by atoms with Gasteiger partial charge in [0.05, 0.1) is 6.33 Å². The molecule has 140 valence electrons. The second-order valence-corrected chi connectivity index (χ2v) is 7.52. The molecule has 8 heteroatoms. The molecule has 2 heterocycles. The Morgan fingerprint density at radius 3 is 2.75 bits per heavy atom. The van der Waals surface area contributed by atoms with Crippen LogP contribution in [0.15, 0.2) is 59.7 Å². The van der Waals surface area contributed by atoms with Gasteiger partial charge in [0.2, 0.25) is 5.91 Å². The zero-order chi connectivity index (χ0) is 19.7. The van der Waals surface area contributed by atoms with E-state index in [1.807, 2.05) is 31.2 Å². The number of aryl methyl sites for hydroxylation is 1. The fourth-order valence-corrected chi connectivity index (χ4v) is 3.77. The van der Waals surface area contributed by atoms with Crippen molar-refractivity contribution in [2.75, 3.05) is 5.32 Å². The van der Waals surface area contributed by atoms with E-state index in [4.69, 9.17) is 11.6 Å². The molecule has 0 aliphatic carbocycles. The molecule has 4 aromatic rings. The van der Waals surface area contributed by atoms with E-state index in [-0.39, 0.29) is 18.0 Å². The number of halogens is 1. The minimum Gasteiger partial charge on any atom is -0.325 e. The van der Waals surface area contributed by atoms with Crippen molar-refractivity contribution in [1.29, 1.82) is 0 Å². The molecule has 2 aromatic heterocycles. The summed E-state index contributed by atoms with van der Waals surface area (Å²) in [6, 6.07) is 14.6. The molecule has 2 aromatic carbocycles. The van der Waals surface area contributed by atoms with E-state index in [0.717, 1.165) is 22.7 Å². The van der Waals surface area contributed by atoms with Gasteiger partial charge in [-0.15, -0.1) is 0 Å². The molecule has 0 fully saturated rings. The van der Waals surface area contributed by atoms with Crippen molar-refractivity contribution in [2.45, 2.75) is 13.5 Å². The number of benzene rings is 2. The van der Waals surface area contributed by atoms with Gasteiger partial charge in [-0.1, -0.05) is 35.4 Å². The molecule has 0 saturated heterocycles. The van der Waals surface area contributed by atoms with Crippen LogP contribution in [0.4, 0.5) is 5.69 Å². The van der Waals surface area contributed by atoms with E-state index in [0.29, 0.717) is 26.6 Å². The minimum absolute atomic E-state index is 0.137. The van der Waals surface area contributed by atoms with Gasteiger partial charge in [-0.05, 0) is 48.8 Å². The van der Waals surface area contributed by atoms with Gasteiger partial charge in [-0.2, -0.15) is 4.37 Å². The third-order valence-corrected chi connectivity index (χ3v) is 5.26. The number of fused-ring (bicyclic) bond motifs is 1. The van der Waals surface area contributed by atoms with Gasteiger partial charge < -0.3 is 5.32 Å². The van der Waals surface area contributed by atoms with Crippen LogP contribution in [0.25, 0.3) is 21.5 Å². The van der Waals surface area contributed by atoms with Crippen molar-refractivity contribution in [2.24, 2.45) is 0 Å². The quantitative estimate of drug-likeness (QED) is 0.549. The fraction of sp³-hybridized carbons (Fsp3) is 0.100. The molecular formula is C20H15ClN4O2S. The summed E-state index contributed by atoms with van der Waals surface area (Å²) < 4.78 is 6.13. The van der Waals surface area contributed by atoms with E-state index in [1.54, 1.807) is 24.3 Å². The standard InChI is InChI=1S/C20H15ClN4O2S/c1-12-3-2-4-13(9-12)17-18-19(28-24-17)20(27)25(11-22-18)10-16(26)23-15-7-5-14(21)6-8-15/h2-9,11H,10H2,1H3,(H,23,26). The maximum absolute atomic E-state index is 12.8. The Bertz CT molecular complexity index is 1230. The van der Waals surface area contributed by atoms with Gasteiger partial charge in [0.1, 0.15) is 22.5 Å². The van der Waals surface area contributed by atoms with Gasteiger partial charge in [-0.3, -0.25) is 14.2 Å². The lowest BCUT2D eigenvalue weighted by molar-refractivity contribution is -0.116. The summed E-state index contributed by atoms with van der Waals surface area (Å²) in [5.41, 5.74) is 3.57. The van der Waals surface area contributed by atoms with E-state index in [9.17, 15) is 9.59 Å². The third-order valence-electron chi connectivity index (χ3n) is 4.18. The Kier molecular flexibility index (Phi) is 4.93. The zero-order valence-corrected chi connectivity index (χ0v) is 16.4. The van der Waals surface area contributed by atoms with Crippen LogP contribution in [-0.2, 0) is 11.3 Å². The summed E-state index contributed by atoms with van der Waals surface area (Å²) in [4.78, 5) is 29.4. The Hall–Kier alpha value is -3.03. The molecule has 4 rings (SSSR count). The molecule has 1 N–H and O–H groups in total. The number of anilines is 1. The molecular weight excluding hydrogens is 396 g/mol. The summed E-state index contributed by atoms with van der Waals surface area (Å²) >= 11 is 6.93. The molecule has 0 aliphatic rings. The van der Waals surface area contributed by atoms with Gasteiger partial charge in [0.25, 0.3) is 5.56 Å². The molecule has 0 radical (unpaired) electrons. The van der Waals surface area contributed by atoms with E-state index in [1.165, 1.54) is 10.9 Å². The average molecular weight is 411 g/mol. The van der Waals surface area contributed by atoms with Crippen LogP contribution in [0.3, 0.4) is 0 Å². The van der Waals surface area contributed by atoms with Crippen LogP contribution in [0, 0.1) is 6.92 Å². The number of carbonyl (C=O) groups excluding carboxylic acids is 1. The van der Waals surface area contributed by atoms with Crippen LogP contribution in [0.1, 0.15) is 5.56 Å². The average Bonchev–Trinajstić information content (AvgIpc) is 3.11. The van der Waals surface area contributed by atoms with Crippen molar-refractivity contribution in [3.05, 3.63) is 75.8 Å². The number of amides is 1. The highest BCUT2D eigenvalue weighted by Gasteiger charge is 2.15. The highest BCUT2D eigenvalue weighted by atomic mass is 35.5. The molecule has 28 heavy (non-hydrogen) atoms. The molecule has 0 bridgehead atoms. The highest BCUT2D eigenvalue weighted by molar-refractivity contribution is 7.13. The Morgan fingerprint density at radius 1 is 1.21 bits per heavy atom. The number of carbonyl (C=O) groups is 1. The van der Waals surface area contributed by atoms with E-state index < -0.39 is 0 Å². The van der Waals surface area contributed by atoms with Crippen molar-refractivity contribution >= 4 is 44.9 Å². The minimum atomic E-state index is -0.325. The van der Waals surface area contributed by atoms with E-state index >= 15 is 0 Å². The number of aromatic nitrogens is 3. The summed E-state index contributed by atoms with van der Waals surface area (Å²) in [7, 11) is 0. The second-order valence-electron chi connectivity index (χ2n) is 6.31. The normalized spacial score (nSPS) is 10.9. The van der Waals surface area contributed by atoms with E-state index in [2.05, 4.69) is 14.7 Å². The Labute approximate surface area is 169 Å². The maximum atomic E-state index is 12.8. The second kappa shape index (κ2) is 7.53. The third kappa shape index (κ3) is 3.67. The van der Waals surface area contributed by atoms with Crippen LogP contribution < -0.4 is 10.9 Å². The predicted molar refractivity (Wildman–Crippen MR) is 112 cm³/mol. The molecule has 0 saturated carbocycles. The number of nitrogens with zero attached hydrogens (tertiary/aromatic N) is 3.